The average Bonchev–Trinajstić information content (AvgIpc) is 2.69. The molecule has 0 saturated carbocycles. The smallest absolute Gasteiger partial charge is 0.144 e. The van der Waals surface area contributed by atoms with Crippen molar-refractivity contribution >= 4 is 50.8 Å². The van der Waals surface area contributed by atoms with Crippen LogP contribution in [0.15, 0.2) is 66.7 Å². The molecule has 0 radical (unpaired) electrons. The fourth-order valence-corrected chi connectivity index (χ4v) is 3.45. The second-order valence-electron chi connectivity index (χ2n) is 5.87. The van der Waals surface area contributed by atoms with E-state index in [1.54, 1.807) is 19.1 Å². The van der Waals surface area contributed by atoms with Crippen molar-refractivity contribution in [1.29, 1.82) is 0 Å². The van der Waals surface area contributed by atoms with Crippen LogP contribution < -0.4 is 14.8 Å². The number of nitrogens with one attached hydrogen (secondary N) is 2. The van der Waals surface area contributed by atoms with Gasteiger partial charge in [-0.1, -0.05) is 48.3 Å². The highest BCUT2D eigenvalue weighted by Crippen LogP contribution is 2.37. The van der Waals surface area contributed by atoms with E-state index >= 15 is 0 Å². The molecule has 2 N–H and O–H groups in total. The first-order valence-corrected chi connectivity index (χ1v) is 9.54. The summed E-state index contributed by atoms with van der Waals surface area (Å²) in [5.74, 6) is 0.786. The molecule has 0 aliphatic rings. The third-order valence-corrected chi connectivity index (χ3v) is 4.71. The Balaban J connectivity index is 1.88. The second kappa shape index (κ2) is 7.14. The van der Waals surface area contributed by atoms with Crippen molar-refractivity contribution < 1.29 is 4.74 Å². The number of methoxy groups -OCH3 is 1. The number of nitrogens with zero attached hydrogens (tertiary/aromatic N) is 1. The average molecular weight is 361 g/mol. The van der Waals surface area contributed by atoms with Gasteiger partial charge in [-0.05, 0) is 24.3 Å². The van der Waals surface area contributed by atoms with E-state index in [0.29, 0.717) is 0 Å². The molecule has 26 heavy (non-hydrogen) atoms. The maximum atomic E-state index is 5.60. The molecule has 0 aliphatic carbocycles. The Hall–Kier alpha value is -2.92. The van der Waals surface area contributed by atoms with Crippen molar-refractivity contribution in [2.75, 3.05) is 23.4 Å². The molecule has 0 aliphatic heterocycles. The lowest BCUT2D eigenvalue weighted by atomic mass is 10.1. The summed E-state index contributed by atoms with van der Waals surface area (Å²) in [6.45, 7) is 0. The first-order valence-electron chi connectivity index (χ1n) is 8.31. The van der Waals surface area contributed by atoms with Crippen LogP contribution in [-0.4, -0.2) is 18.3 Å². The second-order valence-corrected chi connectivity index (χ2v) is 6.48. The topological polar surface area (TPSA) is 46.2 Å². The monoisotopic (exact) mass is 361 g/mol. The molecule has 1 aromatic heterocycles. The summed E-state index contributed by atoms with van der Waals surface area (Å²) in [6.07, 6.45) is 1.99. The summed E-state index contributed by atoms with van der Waals surface area (Å²) >= 11 is 1.55. The van der Waals surface area contributed by atoms with E-state index in [1.807, 2.05) is 60.9 Å². The number of para-hydroxylation sites is 2. The van der Waals surface area contributed by atoms with Crippen LogP contribution in [0, 0.1) is 0 Å². The first kappa shape index (κ1) is 16.5. The zero-order valence-electron chi connectivity index (χ0n) is 14.6. The predicted molar refractivity (Wildman–Crippen MR) is 113 cm³/mol. The lowest BCUT2D eigenvalue weighted by Gasteiger charge is -2.16. The van der Waals surface area contributed by atoms with Crippen LogP contribution in [0.2, 0.25) is 0 Å². The van der Waals surface area contributed by atoms with Gasteiger partial charge in [-0.15, -0.1) is 0 Å². The van der Waals surface area contributed by atoms with Crippen molar-refractivity contribution in [3.8, 4) is 5.75 Å². The van der Waals surface area contributed by atoms with Crippen molar-refractivity contribution in [3.63, 3.8) is 0 Å². The molecule has 0 unspecified atom stereocenters. The van der Waals surface area contributed by atoms with Crippen molar-refractivity contribution in [1.82, 2.24) is 4.98 Å². The molecule has 130 valence electrons. The molecule has 0 bridgehead atoms. The molecule has 0 spiro atoms. The lowest BCUT2D eigenvalue weighted by molar-refractivity contribution is 0.417. The molecule has 4 aromatic rings. The van der Waals surface area contributed by atoms with Gasteiger partial charge < -0.3 is 14.8 Å². The summed E-state index contributed by atoms with van der Waals surface area (Å²) in [5.41, 5.74) is 4.89. The van der Waals surface area contributed by atoms with E-state index in [2.05, 4.69) is 22.2 Å². The number of anilines is 3. The van der Waals surface area contributed by atoms with Crippen LogP contribution in [0.3, 0.4) is 0 Å². The van der Waals surface area contributed by atoms with Crippen LogP contribution in [0.4, 0.5) is 17.1 Å². The number of fused-ring (bicyclic) bond motifs is 2. The highest BCUT2D eigenvalue weighted by Gasteiger charge is 2.11. The van der Waals surface area contributed by atoms with Gasteiger partial charge in [0.15, 0.2) is 0 Å². The first-order chi connectivity index (χ1) is 12.8. The predicted octanol–water partition coefficient (Wildman–Crippen LogP) is 5.83. The Morgan fingerprint density at radius 2 is 1.54 bits per heavy atom. The number of aromatic nitrogens is 1. The maximum absolute atomic E-state index is 5.60. The van der Waals surface area contributed by atoms with Gasteiger partial charge in [0.05, 0.1) is 29.5 Å². The van der Waals surface area contributed by atoms with Gasteiger partial charge in [0.1, 0.15) is 5.75 Å². The number of hydrogen-bond donors (Lipinski definition) is 2. The van der Waals surface area contributed by atoms with Gasteiger partial charge in [0, 0.05) is 28.8 Å². The van der Waals surface area contributed by atoms with E-state index in [9.17, 15) is 0 Å². The third-order valence-electron chi connectivity index (χ3n) is 4.27. The quantitative estimate of drug-likeness (QED) is 0.346. The Morgan fingerprint density at radius 1 is 0.885 bits per heavy atom. The van der Waals surface area contributed by atoms with Crippen molar-refractivity contribution in [3.05, 3.63) is 66.7 Å². The minimum Gasteiger partial charge on any atom is -0.494 e. The molecule has 0 amide bonds. The Kier molecular flexibility index (Phi) is 4.54. The number of pyridine rings is 1. The van der Waals surface area contributed by atoms with Crippen LogP contribution in [-0.2, 0) is 0 Å². The van der Waals surface area contributed by atoms with Crippen LogP contribution in [0.5, 0.6) is 5.75 Å². The number of rotatable bonds is 5. The highest BCUT2D eigenvalue weighted by molar-refractivity contribution is 7.99. The molecule has 1 heterocycles. The molecule has 0 fully saturated rings. The van der Waals surface area contributed by atoms with E-state index in [-0.39, 0.29) is 0 Å². The van der Waals surface area contributed by atoms with Gasteiger partial charge >= 0.3 is 0 Å². The van der Waals surface area contributed by atoms with Gasteiger partial charge in [-0.2, -0.15) is 0 Å². The minimum atomic E-state index is 0.786. The molecule has 3 aromatic carbocycles. The number of ether oxygens (including phenoxy) is 1. The summed E-state index contributed by atoms with van der Waals surface area (Å²) < 4.78 is 8.83. The largest absolute Gasteiger partial charge is 0.494 e. The molecule has 4 rings (SSSR count). The molecule has 4 nitrogen and oxygen atoms in total. The zero-order valence-corrected chi connectivity index (χ0v) is 15.4. The van der Waals surface area contributed by atoms with Crippen LogP contribution in [0.25, 0.3) is 21.8 Å². The minimum absolute atomic E-state index is 0.786. The number of hydrogen-bond acceptors (Lipinski definition) is 5. The SMILES string of the molecule is COc1cc(NSC)ccc1Nc1c2ccccc2nc2ccccc12. The van der Waals surface area contributed by atoms with E-state index < -0.39 is 0 Å². The fraction of sp³-hybridized carbons (Fsp3) is 0.0952. The standard InChI is InChI=1S/C21H19N3OS/c1-25-20-13-14(24-26-2)11-12-19(20)23-21-15-7-3-5-9-17(15)22-18-10-6-4-8-16(18)21/h3-13,24H,1-2H3,(H,22,23). The summed E-state index contributed by atoms with van der Waals surface area (Å²) in [5, 5.41) is 5.75. The molecule has 0 atom stereocenters. The Morgan fingerprint density at radius 3 is 2.15 bits per heavy atom. The van der Waals surface area contributed by atoms with E-state index in [0.717, 1.165) is 44.6 Å². The third kappa shape index (κ3) is 3.02. The highest BCUT2D eigenvalue weighted by atomic mass is 32.2. The van der Waals surface area contributed by atoms with Crippen molar-refractivity contribution in [2.45, 2.75) is 0 Å². The van der Waals surface area contributed by atoms with Crippen molar-refractivity contribution in [2.24, 2.45) is 0 Å². The van der Waals surface area contributed by atoms with Gasteiger partial charge in [-0.25, -0.2) is 4.98 Å². The maximum Gasteiger partial charge on any atom is 0.144 e. The van der Waals surface area contributed by atoms with E-state index in [1.165, 1.54) is 0 Å². The lowest BCUT2D eigenvalue weighted by Crippen LogP contribution is -1.98. The zero-order chi connectivity index (χ0) is 17.9. The molecule has 5 heteroatoms. The van der Waals surface area contributed by atoms with Gasteiger partial charge in [0.2, 0.25) is 0 Å². The Labute approximate surface area is 156 Å². The van der Waals surface area contributed by atoms with Gasteiger partial charge in [-0.3, -0.25) is 0 Å². The van der Waals surface area contributed by atoms with E-state index in [4.69, 9.17) is 9.72 Å². The normalized spacial score (nSPS) is 10.8. The van der Waals surface area contributed by atoms with Crippen LogP contribution in [0.1, 0.15) is 0 Å². The summed E-state index contributed by atoms with van der Waals surface area (Å²) in [6, 6.07) is 22.4. The molecule has 0 saturated heterocycles. The Bertz CT molecular complexity index is 1030. The summed E-state index contributed by atoms with van der Waals surface area (Å²) in [7, 11) is 1.69. The number of benzene rings is 3. The molecular weight excluding hydrogens is 342 g/mol. The van der Waals surface area contributed by atoms with Gasteiger partial charge in [0.25, 0.3) is 0 Å². The molecular formula is C21H19N3OS. The fourth-order valence-electron chi connectivity index (χ4n) is 3.09. The summed E-state index contributed by atoms with van der Waals surface area (Å²) in [4.78, 5) is 4.78. The van der Waals surface area contributed by atoms with Crippen LogP contribution >= 0.6 is 11.9 Å².